The van der Waals surface area contributed by atoms with Crippen LogP contribution in [-0.2, 0) is 48.7 Å². The van der Waals surface area contributed by atoms with Gasteiger partial charge in [-0.05, 0) is 64.1 Å². The van der Waals surface area contributed by atoms with Crippen molar-refractivity contribution >= 4 is 16.9 Å². The number of carbonyl (C=O) groups excluding carboxylic acids is 1. The smallest absolute Gasteiger partial charge is 0.323 e. The van der Waals surface area contributed by atoms with Crippen molar-refractivity contribution in [2.45, 2.75) is 52.1 Å². The van der Waals surface area contributed by atoms with E-state index in [1.165, 1.54) is 11.1 Å². The van der Waals surface area contributed by atoms with Crippen LogP contribution in [-0.4, -0.2) is 31.8 Å². The summed E-state index contributed by atoms with van der Waals surface area (Å²) in [6, 6.07) is 42.6. The van der Waals surface area contributed by atoms with E-state index in [4.69, 9.17) is 19.6 Å². The lowest BCUT2D eigenvalue weighted by Gasteiger charge is -2.23. The summed E-state index contributed by atoms with van der Waals surface area (Å²) in [4.78, 5) is 18.3. The van der Waals surface area contributed by atoms with Crippen LogP contribution >= 0.6 is 0 Å². The summed E-state index contributed by atoms with van der Waals surface area (Å²) in [5.41, 5.74) is 10.4. The molecule has 1 aliphatic rings. The van der Waals surface area contributed by atoms with Crippen LogP contribution in [0.2, 0.25) is 0 Å². The molecular formula is C43H39N5O3. The highest BCUT2D eigenvalue weighted by Gasteiger charge is 2.31. The van der Waals surface area contributed by atoms with E-state index < -0.39 is 6.04 Å². The lowest BCUT2D eigenvalue weighted by molar-refractivity contribution is -0.147. The fourth-order valence-electron chi connectivity index (χ4n) is 6.83. The standard InChI is InChI=1S/C43H39N5O3/c1-2-32-22-34(50-27-30-14-8-4-9-15-30)19-21-35(32)33-18-20-36-37(23-33)46-47-41(36)42-45-38-24-39(43(49)51-28-31-16-10-5-11-17-31)44-25-40(38)48(42)26-29-12-6-3-7-13-29/h3-23,39,44H,2,24-28H2,1H3,(H,46,47)/t39-/m0/s1. The molecule has 51 heavy (non-hydrogen) atoms. The Morgan fingerprint density at radius 2 is 1.53 bits per heavy atom. The molecular weight excluding hydrogens is 635 g/mol. The number of hydrogen-bond donors (Lipinski definition) is 2. The van der Waals surface area contributed by atoms with Crippen molar-refractivity contribution in [1.82, 2.24) is 25.1 Å². The molecule has 0 amide bonds. The van der Waals surface area contributed by atoms with Crippen LogP contribution in [0, 0.1) is 0 Å². The molecule has 3 heterocycles. The maximum atomic E-state index is 13.1. The predicted octanol–water partition coefficient (Wildman–Crippen LogP) is 8.04. The number of nitrogens with one attached hydrogen (secondary N) is 2. The normalized spacial score (nSPS) is 13.9. The Hall–Kier alpha value is -5.99. The lowest BCUT2D eigenvalue weighted by Crippen LogP contribution is -2.43. The highest BCUT2D eigenvalue weighted by atomic mass is 16.5. The maximum absolute atomic E-state index is 13.1. The predicted molar refractivity (Wildman–Crippen MR) is 199 cm³/mol. The zero-order chi connectivity index (χ0) is 34.6. The topological polar surface area (TPSA) is 94.1 Å². The van der Waals surface area contributed by atoms with Gasteiger partial charge in [0, 0.05) is 24.9 Å². The minimum absolute atomic E-state index is 0.242. The van der Waals surface area contributed by atoms with Gasteiger partial charge in [0.2, 0.25) is 0 Å². The molecule has 0 fully saturated rings. The molecule has 0 bridgehead atoms. The molecule has 0 saturated carbocycles. The number of imidazole rings is 1. The average molecular weight is 674 g/mol. The number of hydrogen-bond acceptors (Lipinski definition) is 6. The van der Waals surface area contributed by atoms with E-state index in [1.807, 2.05) is 72.8 Å². The third-order valence-electron chi connectivity index (χ3n) is 9.55. The van der Waals surface area contributed by atoms with Crippen molar-refractivity contribution in [3.8, 4) is 28.4 Å². The Labute approximate surface area is 297 Å². The Kier molecular flexibility index (Phi) is 9.14. The number of aryl methyl sites for hydroxylation is 1. The average Bonchev–Trinajstić information content (AvgIpc) is 3.77. The van der Waals surface area contributed by atoms with Crippen LogP contribution in [0.4, 0.5) is 0 Å². The Morgan fingerprint density at radius 1 is 0.824 bits per heavy atom. The van der Waals surface area contributed by atoms with Crippen molar-refractivity contribution in [3.05, 3.63) is 161 Å². The van der Waals surface area contributed by atoms with Gasteiger partial charge in [0.05, 0.1) is 16.9 Å². The third-order valence-corrected chi connectivity index (χ3v) is 9.55. The van der Waals surface area contributed by atoms with E-state index in [2.05, 4.69) is 76.5 Å². The summed E-state index contributed by atoms with van der Waals surface area (Å²) in [6.45, 7) is 4.08. The molecule has 2 N–H and O–H groups in total. The van der Waals surface area contributed by atoms with Gasteiger partial charge in [-0.2, -0.15) is 5.10 Å². The second kappa shape index (κ2) is 14.5. The van der Waals surface area contributed by atoms with Crippen LogP contribution in [0.5, 0.6) is 5.75 Å². The van der Waals surface area contributed by atoms with Gasteiger partial charge in [0.25, 0.3) is 0 Å². The van der Waals surface area contributed by atoms with Gasteiger partial charge in [0.15, 0.2) is 5.82 Å². The van der Waals surface area contributed by atoms with Gasteiger partial charge in [-0.25, -0.2) is 4.98 Å². The number of carbonyl (C=O) groups is 1. The van der Waals surface area contributed by atoms with E-state index in [1.54, 1.807) is 0 Å². The molecule has 5 aromatic carbocycles. The van der Waals surface area contributed by atoms with E-state index in [0.717, 1.165) is 68.2 Å². The maximum Gasteiger partial charge on any atom is 0.323 e. The van der Waals surface area contributed by atoms with E-state index in [0.29, 0.717) is 26.1 Å². The van der Waals surface area contributed by atoms with E-state index in [-0.39, 0.29) is 12.6 Å². The number of esters is 1. The molecule has 8 heteroatoms. The minimum Gasteiger partial charge on any atom is -0.489 e. The summed E-state index contributed by atoms with van der Waals surface area (Å²) < 4.78 is 14.0. The van der Waals surface area contributed by atoms with Gasteiger partial charge < -0.3 is 14.0 Å². The Balaban J connectivity index is 1.08. The van der Waals surface area contributed by atoms with Crippen molar-refractivity contribution in [2.75, 3.05) is 0 Å². The first-order valence-electron chi connectivity index (χ1n) is 17.5. The second-order valence-electron chi connectivity index (χ2n) is 12.9. The van der Waals surface area contributed by atoms with Gasteiger partial charge in [0.1, 0.15) is 30.7 Å². The lowest BCUT2D eigenvalue weighted by atomic mass is 9.96. The molecule has 0 saturated heterocycles. The molecule has 254 valence electrons. The van der Waals surface area contributed by atoms with E-state index >= 15 is 0 Å². The van der Waals surface area contributed by atoms with Gasteiger partial charge in [-0.1, -0.05) is 110 Å². The van der Waals surface area contributed by atoms with Gasteiger partial charge in [-0.3, -0.25) is 15.2 Å². The number of H-pyrrole nitrogens is 1. The fraction of sp³-hybridized carbons (Fsp3) is 0.186. The summed E-state index contributed by atoms with van der Waals surface area (Å²) in [7, 11) is 0. The first-order chi connectivity index (χ1) is 25.1. The number of ether oxygens (including phenoxy) is 2. The Morgan fingerprint density at radius 3 is 2.25 bits per heavy atom. The summed E-state index contributed by atoms with van der Waals surface area (Å²) in [5.74, 6) is 1.36. The number of aromatic nitrogens is 4. The monoisotopic (exact) mass is 673 g/mol. The molecule has 8 nitrogen and oxygen atoms in total. The number of fused-ring (bicyclic) bond motifs is 2. The molecule has 8 rings (SSSR count). The van der Waals surface area contributed by atoms with E-state index in [9.17, 15) is 4.79 Å². The molecule has 0 spiro atoms. The van der Waals surface area contributed by atoms with Crippen LogP contribution in [0.15, 0.2) is 127 Å². The number of nitrogens with zero attached hydrogens (tertiary/aromatic N) is 3. The van der Waals surface area contributed by atoms with Crippen LogP contribution < -0.4 is 10.1 Å². The molecule has 2 aromatic heterocycles. The van der Waals surface area contributed by atoms with Crippen LogP contribution in [0.25, 0.3) is 33.5 Å². The second-order valence-corrected chi connectivity index (χ2v) is 12.9. The third kappa shape index (κ3) is 6.91. The van der Waals surface area contributed by atoms with Gasteiger partial charge >= 0.3 is 5.97 Å². The Bertz CT molecular complexity index is 2280. The quantitative estimate of drug-likeness (QED) is 0.135. The molecule has 1 aliphatic heterocycles. The fourth-order valence-corrected chi connectivity index (χ4v) is 6.83. The van der Waals surface area contributed by atoms with Crippen molar-refractivity contribution < 1.29 is 14.3 Å². The molecule has 1 atom stereocenters. The summed E-state index contributed by atoms with van der Waals surface area (Å²) in [5, 5.41) is 12.5. The summed E-state index contributed by atoms with van der Waals surface area (Å²) >= 11 is 0. The first kappa shape index (κ1) is 32.2. The number of aromatic amines is 1. The molecule has 0 radical (unpaired) electrons. The van der Waals surface area contributed by atoms with Crippen LogP contribution in [0.3, 0.4) is 0 Å². The first-order valence-corrected chi connectivity index (χ1v) is 17.5. The zero-order valence-electron chi connectivity index (χ0n) is 28.5. The number of benzene rings is 5. The van der Waals surface area contributed by atoms with Crippen LogP contribution in [0.1, 0.15) is 40.6 Å². The zero-order valence-corrected chi connectivity index (χ0v) is 28.5. The van der Waals surface area contributed by atoms with Crippen molar-refractivity contribution in [1.29, 1.82) is 0 Å². The van der Waals surface area contributed by atoms with Crippen molar-refractivity contribution in [3.63, 3.8) is 0 Å². The highest BCUT2D eigenvalue weighted by Crippen LogP contribution is 2.34. The molecule has 7 aromatic rings. The van der Waals surface area contributed by atoms with Gasteiger partial charge in [-0.15, -0.1) is 0 Å². The minimum atomic E-state index is -0.476. The summed E-state index contributed by atoms with van der Waals surface area (Å²) in [6.07, 6.45) is 1.32. The number of rotatable bonds is 11. The highest BCUT2D eigenvalue weighted by molar-refractivity contribution is 5.94. The largest absolute Gasteiger partial charge is 0.489 e. The van der Waals surface area contributed by atoms with Crippen molar-refractivity contribution in [2.24, 2.45) is 0 Å². The molecule has 0 aliphatic carbocycles. The SMILES string of the molecule is CCc1cc(OCc2ccccc2)ccc1-c1ccc2c(-c3nc4c(n3Cc3ccccc3)CN[C@H](C(=O)OCc3ccccc3)C4)n[nH]c2c1. The molecule has 0 unspecified atom stereocenters.